The summed E-state index contributed by atoms with van der Waals surface area (Å²) in [6.45, 7) is 3.53. The summed E-state index contributed by atoms with van der Waals surface area (Å²) in [5.41, 5.74) is 0.390. The molecule has 100 valence electrons. The lowest BCUT2D eigenvalue weighted by Crippen LogP contribution is -2.15. The number of thioether (sulfide) groups is 1. The van der Waals surface area contributed by atoms with Crippen LogP contribution < -0.4 is 10.9 Å². The SMILES string of the molecule is Cc1cc(=O)[nH]c(SCC(=O)Nc2nnc(C)s2)n1. The number of amides is 1. The molecule has 0 saturated carbocycles. The quantitative estimate of drug-likeness (QED) is 0.644. The topological polar surface area (TPSA) is 101 Å². The predicted molar refractivity (Wildman–Crippen MR) is 73.6 cm³/mol. The Morgan fingerprint density at radius 3 is 2.89 bits per heavy atom. The molecule has 0 saturated heterocycles. The maximum absolute atomic E-state index is 11.7. The highest BCUT2D eigenvalue weighted by Gasteiger charge is 2.08. The van der Waals surface area contributed by atoms with Crippen molar-refractivity contribution in [3.63, 3.8) is 0 Å². The predicted octanol–water partition coefficient (Wildman–Crippen LogP) is 0.969. The fraction of sp³-hybridized carbons (Fsp3) is 0.300. The molecule has 0 unspecified atom stereocenters. The number of aromatic nitrogens is 4. The van der Waals surface area contributed by atoms with Crippen molar-refractivity contribution in [1.29, 1.82) is 0 Å². The van der Waals surface area contributed by atoms with Crippen molar-refractivity contribution < 1.29 is 4.79 Å². The van der Waals surface area contributed by atoms with E-state index in [-0.39, 0.29) is 17.2 Å². The highest BCUT2D eigenvalue weighted by Crippen LogP contribution is 2.15. The molecule has 19 heavy (non-hydrogen) atoms. The van der Waals surface area contributed by atoms with Gasteiger partial charge in [0.2, 0.25) is 11.0 Å². The second-order valence-electron chi connectivity index (χ2n) is 3.66. The van der Waals surface area contributed by atoms with E-state index in [0.29, 0.717) is 16.0 Å². The molecule has 0 atom stereocenters. The molecule has 0 spiro atoms. The molecule has 7 nitrogen and oxygen atoms in total. The maximum Gasteiger partial charge on any atom is 0.251 e. The molecule has 2 rings (SSSR count). The Morgan fingerprint density at radius 1 is 1.47 bits per heavy atom. The summed E-state index contributed by atoms with van der Waals surface area (Å²) in [6.07, 6.45) is 0. The lowest BCUT2D eigenvalue weighted by Gasteiger charge is -2.01. The first kappa shape index (κ1) is 13.7. The van der Waals surface area contributed by atoms with Crippen LogP contribution in [0.3, 0.4) is 0 Å². The van der Waals surface area contributed by atoms with Crippen molar-refractivity contribution in [3.05, 3.63) is 27.1 Å². The number of H-pyrrole nitrogens is 1. The molecule has 2 heterocycles. The minimum absolute atomic E-state index is 0.144. The van der Waals surface area contributed by atoms with Gasteiger partial charge in [-0.2, -0.15) is 0 Å². The summed E-state index contributed by atoms with van der Waals surface area (Å²) in [6, 6.07) is 1.40. The highest BCUT2D eigenvalue weighted by atomic mass is 32.2. The van der Waals surface area contributed by atoms with Gasteiger partial charge in [-0.15, -0.1) is 10.2 Å². The van der Waals surface area contributed by atoms with Gasteiger partial charge in [0.05, 0.1) is 5.75 Å². The summed E-state index contributed by atoms with van der Waals surface area (Å²) >= 11 is 2.47. The Morgan fingerprint density at radius 2 is 2.26 bits per heavy atom. The van der Waals surface area contributed by atoms with E-state index in [1.54, 1.807) is 6.92 Å². The number of nitrogens with one attached hydrogen (secondary N) is 2. The van der Waals surface area contributed by atoms with E-state index >= 15 is 0 Å². The molecule has 1 amide bonds. The average Bonchev–Trinajstić information content (AvgIpc) is 2.71. The standard InChI is InChI=1S/C10H11N5O2S2/c1-5-3-7(16)12-9(11-5)18-4-8(17)13-10-15-14-6(2)19-10/h3H,4H2,1-2H3,(H,11,12,16)(H,13,15,17). The Kier molecular flexibility index (Phi) is 4.27. The molecule has 0 bridgehead atoms. The first-order chi connectivity index (χ1) is 9.02. The third-order valence-corrected chi connectivity index (χ3v) is 3.59. The van der Waals surface area contributed by atoms with Crippen LogP contribution in [-0.2, 0) is 4.79 Å². The number of rotatable bonds is 4. The molecular formula is C10H11N5O2S2. The van der Waals surface area contributed by atoms with Gasteiger partial charge in [0.15, 0.2) is 5.16 Å². The number of aromatic amines is 1. The molecule has 0 fully saturated rings. The second kappa shape index (κ2) is 5.93. The van der Waals surface area contributed by atoms with Crippen molar-refractivity contribution >= 4 is 34.1 Å². The van der Waals surface area contributed by atoms with Crippen LogP contribution in [0.5, 0.6) is 0 Å². The van der Waals surface area contributed by atoms with Gasteiger partial charge in [-0.05, 0) is 13.8 Å². The van der Waals surface area contributed by atoms with Crippen LogP contribution >= 0.6 is 23.1 Å². The molecule has 2 aromatic heterocycles. The summed E-state index contributed by atoms with van der Waals surface area (Å²) in [4.78, 5) is 29.6. The van der Waals surface area contributed by atoms with E-state index < -0.39 is 0 Å². The number of carbonyl (C=O) groups excluding carboxylic acids is 1. The van der Waals surface area contributed by atoms with Gasteiger partial charge in [-0.25, -0.2) is 4.98 Å². The summed E-state index contributed by atoms with van der Waals surface area (Å²) in [7, 11) is 0. The molecule has 0 radical (unpaired) electrons. The molecule has 0 aromatic carbocycles. The van der Waals surface area contributed by atoms with Crippen molar-refractivity contribution in [3.8, 4) is 0 Å². The molecular weight excluding hydrogens is 286 g/mol. The third kappa shape index (κ3) is 4.14. The van der Waals surface area contributed by atoms with Gasteiger partial charge < -0.3 is 4.98 Å². The minimum Gasteiger partial charge on any atom is -0.301 e. The van der Waals surface area contributed by atoms with Crippen molar-refractivity contribution in [2.24, 2.45) is 0 Å². The normalized spacial score (nSPS) is 10.4. The number of hydrogen-bond donors (Lipinski definition) is 2. The van der Waals surface area contributed by atoms with E-state index in [9.17, 15) is 9.59 Å². The lowest BCUT2D eigenvalue weighted by atomic mass is 10.5. The van der Waals surface area contributed by atoms with Crippen LogP contribution in [0.4, 0.5) is 5.13 Å². The second-order valence-corrected chi connectivity index (χ2v) is 5.80. The molecule has 9 heteroatoms. The van der Waals surface area contributed by atoms with Crippen molar-refractivity contribution in [2.45, 2.75) is 19.0 Å². The Bertz CT molecular complexity index is 651. The Hall–Kier alpha value is -1.74. The van der Waals surface area contributed by atoms with Gasteiger partial charge in [0.1, 0.15) is 5.01 Å². The summed E-state index contributed by atoms with van der Waals surface area (Å²) < 4.78 is 0. The number of anilines is 1. The summed E-state index contributed by atoms with van der Waals surface area (Å²) in [5.74, 6) is -0.0734. The van der Waals surface area contributed by atoms with E-state index in [0.717, 1.165) is 16.8 Å². The van der Waals surface area contributed by atoms with Crippen LogP contribution in [0, 0.1) is 13.8 Å². The number of aryl methyl sites for hydroxylation is 2. The lowest BCUT2D eigenvalue weighted by molar-refractivity contribution is -0.113. The smallest absolute Gasteiger partial charge is 0.251 e. The molecule has 0 aliphatic heterocycles. The van der Waals surface area contributed by atoms with Crippen LogP contribution in [0.2, 0.25) is 0 Å². The van der Waals surface area contributed by atoms with Crippen LogP contribution in [0.15, 0.2) is 16.0 Å². The van der Waals surface area contributed by atoms with Gasteiger partial charge in [0.25, 0.3) is 5.56 Å². The third-order valence-electron chi connectivity index (χ3n) is 1.96. The Labute approximate surface area is 116 Å². The fourth-order valence-corrected chi connectivity index (χ4v) is 2.59. The number of nitrogens with zero attached hydrogens (tertiary/aromatic N) is 3. The van der Waals surface area contributed by atoms with Crippen LogP contribution in [-0.4, -0.2) is 31.8 Å². The fourth-order valence-electron chi connectivity index (χ4n) is 1.26. The van der Waals surface area contributed by atoms with Crippen LogP contribution in [0.25, 0.3) is 0 Å². The molecule has 2 aromatic rings. The van der Waals surface area contributed by atoms with Crippen molar-refractivity contribution in [2.75, 3.05) is 11.1 Å². The zero-order valence-corrected chi connectivity index (χ0v) is 11.9. The maximum atomic E-state index is 11.7. The first-order valence-electron chi connectivity index (χ1n) is 5.33. The zero-order chi connectivity index (χ0) is 13.8. The minimum atomic E-state index is -0.227. The largest absolute Gasteiger partial charge is 0.301 e. The molecule has 0 aliphatic carbocycles. The number of carbonyl (C=O) groups is 1. The molecule has 0 aliphatic rings. The average molecular weight is 297 g/mol. The van der Waals surface area contributed by atoms with E-state index in [1.807, 2.05) is 6.92 Å². The van der Waals surface area contributed by atoms with Gasteiger partial charge >= 0.3 is 0 Å². The van der Waals surface area contributed by atoms with Gasteiger partial charge in [0, 0.05) is 11.8 Å². The van der Waals surface area contributed by atoms with Crippen LogP contribution in [0.1, 0.15) is 10.7 Å². The highest BCUT2D eigenvalue weighted by molar-refractivity contribution is 7.99. The number of hydrogen-bond acceptors (Lipinski definition) is 7. The van der Waals surface area contributed by atoms with E-state index in [1.165, 1.54) is 17.4 Å². The van der Waals surface area contributed by atoms with Gasteiger partial charge in [-0.3, -0.25) is 14.9 Å². The van der Waals surface area contributed by atoms with E-state index in [4.69, 9.17) is 0 Å². The molecule has 2 N–H and O–H groups in total. The monoisotopic (exact) mass is 297 g/mol. The van der Waals surface area contributed by atoms with E-state index in [2.05, 4.69) is 25.5 Å². The summed E-state index contributed by atoms with van der Waals surface area (Å²) in [5, 5.41) is 11.9. The first-order valence-corrected chi connectivity index (χ1v) is 7.14. The zero-order valence-electron chi connectivity index (χ0n) is 10.3. The Balaban J connectivity index is 1.91. The van der Waals surface area contributed by atoms with Crippen molar-refractivity contribution in [1.82, 2.24) is 20.2 Å². The van der Waals surface area contributed by atoms with Gasteiger partial charge in [-0.1, -0.05) is 23.1 Å².